The highest BCUT2D eigenvalue weighted by molar-refractivity contribution is 5.78. The number of para-hydroxylation sites is 1. The average Bonchev–Trinajstić information content (AvgIpc) is 2.93. The van der Waals surface area contributed by atoms with Crippen LogP contribution < -0.4 is 4.74 Å². The molecule has 0 aliphatic heterocycles. The Balaban J connectivity index is 1.45. The van der Waals surface area contributed by atoms with Crippen molar-refractivity contribution >= 4 is 5.97 Å². The van der Waals surface area contributed by atoms with Gasteiger partial charge in [-0.05, 0) is 60.9 Å². The highest BCUT2D eigenvalue weighted by Crippen LogP contribution is 2.27. The number of alkyl halides is 3. The monoisotopic (exact) mass is 541 g/mol. The van der Waals surface area contributed by atoms with Crippen LogP contribution in [-0.2, 0) is 16.0 Å². The third kappa shape index (κ3) is 10.1. The van der Waals surface area contributed by atoms with Gasteiger partial charge >= 0.3 is 12.1 Å². The lowest BCUT2D eigenvalue weighted by Gasteiger charge is -2.20. The molecule has 3 aromatic rings. The number of nitrogens with zero attached hydrogens (tertiary/aromatic N) is 1. The van der Waals surface area contributed by atoms with E-state index >= 15 is 0 Å². The Labute approximate surface area is 229 Å². The molecule has 0 N–H and O–H groups in total. The molecule has 39 heavy (non-hydrogen) atoms. The number of carbonyl (C=O) groups is 1. The van der Waals surface area contributed by atoms with Gasteiger partial charge in [-0.1, -0.05) is 88.1 Å². The van der Waals surface area contributed by atoms with Crippen molar-refractivity contribution in [2.75, 3.05) is 6.61 Å². The highest BCUT2D eigenvalue weighted by atomic mass is 19.4. The van der Waals surface area contributed by atoms with Crippen molar-refractivity contribution in [3.05, 3.63) is 84.2 Å². The van der Waals surface area contributed by atoms with E-state index in [9.17, 15) is 18.0 Å². The molecular formula is C32H38F3NO3. The molecule has 3 rings (SSSR count). The standard InChI is InChI=1S/C32H38F3NO3/c1-3-4-5-6-8-13-25-16-18-26(19-17-25)27-20-21-29(36-23-27)24(2)12-11-22-38-30(32(33,34)35)31(37)39-28-14-9-7-10-15-28/h7,9-10,14-21,23-24,30H,3-6,8,11-13,22H2,1-2H3. The van der Waals surface area contributed by atoms with Crippen LogP contribution in [0.1, 0.15) is 76.0 Å². The normalized spacial score (nSPS) is 13.2. The number of hydrogen-bond donors (Lipinski definition) is 0. The van der Waals surface area contributed by atoms with Gasteiger partial charge in [0.15, 0.2) is 0 Å². The van der Waals surface area contributed by atoms with Gasteiger partial charge < -0.3 is 9.47 Å². The van der Waals surface area contributed by atoms with Crippen LogP contribution in [0.2, 0.25) is 0 Å². The zero-order valence-corrected chi connectivity index (χ0v) is 22.8. The fourth-order valence-electron chi connectivity index (χ4n) is 4.36. The number of ether oxygens (including phenoxy) is 2. The number of rotatable bonds is 15. The zero-order chi connectivity index (χ0) is 28.1. The number of unbranched alkanes of at least 4 members (excludes halogenated alkanes) is 4. The molecule has 2 unspecified atom stereocenters. The van der Waals surface area contributed by atoms with Gasteiger partial charge in [0.05, 0.1) is 0 Å². The summed E-state index contributed by atoms with van der Waals surface area (Å²) < 4.78 is 49.9. The van der Waals surface area contributed by atoms with Crippen molar-refractivity contribution in [2.45, 2.75) is 83.4 Å². The van der Waals surface area contributed by atoms with Crippen LogP contribution in [0.25, 0.3) is 11.1 Å². The summed E-state index contributed by atoms with van der Waals surface area (Å²) in [6.45, 7) is 3.98. The molecule has 1 aromatic heterocycles. The molecule has 0 saturated heterocycles. The quantitative estimate of drug-likeness (QED) is 0.110. The van der Waals surface area contributed by atoms with E-state index in [0.29, 0.717) is 12.8 Å². The molecule has 4 nitrogen and oxygen atoms in total. The summed E-state index contributed by atoms with van der Waals surface area (Å²) in [4.78, 5) is 16.7. The number of aromatic nitrogens is 1. The maximum atomic E-state index is 13.4. The number of benzene rings is 2. The van der Waals surface area contributed by atoms with Crippen LogP contribution in [0.4, 0.5) is 13.2 Å². The molecule has 0 bridgehead atoms. The minimum absolute atomic E-state index is 0.0262. The third-order valence-corrected chi connectivity index (χ3v) is 6.69. The van der Waals surface area contributed by atoms with Gasteiger partial charge in [-0.25, -0.2) is 4.79 Å². The zero-order valence-electron chi connectivity index (χ0n) is 22.8. The summed E-state index contributed by atoms with van der Waals surface area (Å²) >= 11 is 0. The lowest BCUT2D eigenvalue weighted by molar-refractivity contribution is -0.225. The van der Waals surface area contributed by atoms with Crippen molar-refractivity contribution in [3.8, 4) is 16.9 Å². The van der Waals surface area contributed by atoms with Crippen molar-refractivity contribution in [3.63, 3.8) is 0 Å². The first kappa shape index (κ1) is 30.4. The molecule has 2 aromatic carbocycles. The molecule has 0 aliphatic rings. The van der Waals surface area contributed by atoms with E-state index in [2.05, 4.69) is 36.2 Å². The topological polar surface area (TPSA) is 48.4 Å². The molecule has 0 spiro atoms. The van der Waals surface area contributed by atoms with Crippen LogP contribution in [0, 0.1) is 0 Å². The summed E-state index contributed by atoms with van der Waals surface area (Å²) in [5.41, 5.74) is 4.33. The molecule has 210 valence electrons. The number of carbonyl (C=O) groups excluding carboxylic acids is 1. The van der Waals surface area contributed by atoms with E-state index in [-0.39, 0.29) is 18.3 Å². The van der Waals surface area contributed by atoms with Gasteiger partial charge in [-0.15, -0.1) is 0 Å². The number of halogens is 3. The number of esters is 1. The Hall–Kier alpha value is -3.19. The largest absolute Gasteiger partial charge is 0.425 e. The second kappa shape index (κ2) is 15.4. The fourth-order valence-corrected chi connectivity index (χ4v) is 4.36. The predicted octanol–water partition coefficient (Wildman–Crippen LogP) is 8.70. The molecular weight excluding hydrogens is 503 g/mol. The summed E-state index contributed by atoms with van der Waals surface area (Å²) in [7, 11) is 0. The molecule has 0 fully saturated rings. The predicted molar refractivity (Wildman–Crippen MR) is 148 cm³/mol. The Kier molecular flexibility index (Phi) is 12.0. The first-order valence-corrected chi connectivity index (χ1v) is 13.8. The summed E-state index contributed by atoms with van der Waals surface area (Å²) in [5.74, 6) is -1.41. The smallest absolute Gasteiger partial charge is 0.424 e. The minimum atomic E-state index is -4.86. The molecule has 0 radical (unpaired) electrons. The van der Waals surface area contributed by atoms with Gasteiger partial charge in [0.2, 0.25) is 0 Å². The van der Waals surface area contributed by atoms with Crippen molar-refractivity contribution in [2.24, 2.45) is 0 Å². The summed E-state index contributed by atoms with van der Waals surface area (Å²) in [6.07, 6.45) is 2.70. The SMILES string of the molecule is CCCCCCCc1ccc(-c2ccc(C(C)CCCOC(C(=O)Oc3ccccc3)C(F)(F)F)nc2)cc1. The number of hydrogen-bond acceptors (Lipinski definition) is 4. The molecule has 0 aliphatic carbocycles. The lowest BCUT2D eigenvalue weighted by Crippen LogP contribution is -2.42. The van der Waals surface area contributed by atoms with E-state index in [1.165, 1.54) is 49.8 Å². The van der Waals surface area contributed by atoms with E-state index in [1.54, 1.807) is 18.2 Å². The van der Waals surface area contributed by atoms with Gasteiger partial charge in [-0.2, -0.15) is 13.2 Å². The second-order valence-corrected chi connectivity index (χ2v) is 9.90. The third-order valence-electron chi connectivity index (χ3n) is 6.69. The fraction of sp³-hybridized carbons (Fsp3) is 0.438. The summed E-state index contributed by atoms with van der Waals surface area (Å²) in [6, 6.07) is 20.2. The van der Waals surface area contributed by atoms with Gasteiger partial charge in [0.1, 0.15) is 5.75 Å². The molecule has 0 saturated carbocycles. The molecule has 7 heteroatoms. The van der Waals surface area contributed by atoms with E-state index < -0.39 is 18.2 Å². The number of pyridine rings is 1. The van der Waals surface area contributed by atoms with Crippen LogP contribution in [0.5, 0.6) is 5.75 Å². The van der Waals surface area contributed by atoms with Crippen LogP contribution >= 0.6 is 0 Å². The lowest BCUT2D eigenvalue weighted by atomic mass is 9.99. The average molecular weight is 542 g/mol. The van der Waals surface area contributed by atoms with Crippen molar-refractivity contribution in [1.82, 2.24) is 4.98 Å². The van der Waals surface area contributed by atoms with E-state index in [4.69, 9.17) is 9.47 Å². The maximum absolute atomic E-state index is 13.4. The second-order valence-electron chi connectivity index (χ2n) is 9.90. The first-order valence-electron chi connectivity index (χ1n) is 13.8. The van der Waals surface area contributed by atoms with E-state index in [0.717, 1.165) is 23.2 Å². The Morgan fingerprint density at radius 2 is 1.56 bits per heavy atom. The highest BCUT2D eigenvalue weighted by Gasteiger charge is 2.47. The molecule has 2 atom stereocenters. The van der Waals surface area contributed by atoms with Crippen molar-refractivity contribution < 1.29 is 27.4 Å². The number of aryl methyl sites for hydroxylation is 1. The summed E-state index contributed by atoms with van der Waals surface area (Å²) in [5, 5.41) is 0. The van der Waals surface area contributed by atoms with E-state index in [1.807, 2.05) is 25.3 Å². The Morgan fingerprint density at radius 1 is 0.872 bits per heavy atom. The molecule has 1 heterocycles. The van der Waals surface area contributed by atoms with Crippen molar-refractivity contribution in [1.29, 1.82) is 0 Å². The molecule has 0 amide bonds. The van der Waals surface area contributed by atoms with Crippen LogP contribution in [0.3, 0.4) is 0 Å². The van der Waals surface area contributed by atoms with Gasteiger partial charge in [-0.3, -0.25) is 4.98 Å². The van der Waals surface area contributed by atoms with Crippen LogP contribution in [-0.4, -0.2) is 29.8 Å². The minimum Gasteiger partial charge on any atom is -0.424 e. The van der Waals surface area contributed by atoms with Gasteiger partial charge in [0.25, 0.3) is 6.10 Å². The first-order chi connectivity index (χ1) is 18.8. The Morgan fingerprint density at radius 3 is 2.21 bits per heavy atom. The maximum Gasteiger partial charge on any atom is 0.425 e. The van der Waals surface area contributed by atoms with Gasteiger partial charge in [0, 0.05) is 24.1 Å². The Bertz CT molecular complexity index is 1120. The van der Waals surface area contributed by atoms with Crippen LogP contribution in [0.15, 0.2) is 72.9 Å².